The van der Waals surface area contributed by atoms with Gasteiger partial charge in [-0.15, -0.1) is 0 Å². The molecule has 1 heterocycles. The third kappa shape index (κ3) is 7.74. The number of pyridine rings is 1. The van der Waals surface area contributed by atoms with Gasteiger partial charge in [0.1, 0.15) is 11.9 Å². The highest BCUT2D eigenvalue weighted by atomic mass is 19.1. The molecule has 0 spiro atoms. The highest BCUT2D eigenvalue weighted by molar-refractivity contribution is 5.97. The Morgan fingerprint density at radius 1 is 1.00 bits per heavy atom. The molecule has 8 heteroatoms. The lowest BCUT2D eigenvalue weighted by Crippen LogP contribution is -2.54. The highest BCUT2D eigenvalue weighted by Crippen LogP contribution is 2.17. The highest BCUT2D eigenvalue weighted by Gasteiger charge is 2.28. The Labute approximate surface area is 203 Å². The zero-order valence-electron chi connectivity index (χ0n) is 19.6. The predicted molar refractivity (Wildman–Crippen MR) is 130 cm³/mol. The van der Waals surface area contributed by atoms with E-state index < -0.39 is 29.4 Å². The number of hydrogen-bond acceptors (Lipinski definition) is 4. The summed E-state index contributed by atoms with van der Waals surface area (Å²) < 4.78 is 13.2. The van der Waals surface area contributed by atoms with Gasteiger partial charge in [-0.1, -0.05) is 42.5 Å². The van der Waals surface area contributed by atoms with Crippen molar-refractivity contribution in [3.05, 3.63) is 89.9 Å². The standard InChI is InChI=1S/C27H28FN3O4/c1-27(2,16-18-8-11-21(28)12-9-18)31-26(35)23(14-15-24(32)33)30-25(34)20-10-13-22(29-17-20)19-6-4-3-5-7-19/h3-13,17,23H,14-16H2,1-2H3,(H,30,34)(H,31,35)(H,32,33)/t23-/m0/s1. The van der Waals surface area contributed by atoms with Crippen LogP contribution in [0.25, 0.3) is 11.3 Å². The first-order chi connectivity index (χ1) is 16.6. The van der Waals surface area contributed by atoms with Crippen molar-refractivity contribution in [3.8, 4) is 11.3 Å². The maximum absolute atomic E-state index is 13.2. The average Bonchev–Trinajstić information content (AvgIpc) is 2.83. The predicted octanol–water partition coefficient (Wildman–Crippen LogP) is 3.99. The maximum atomic E-state index is 13.2. The van der Waals surface area contributed by atoms with Crippen LogP contribution in [0.3, 0.4) is 0 Å². The Balaban J connectivity index is 1.69. The van der Waals surface area contributed by atoms with E-state index in [1.165, 1.54) is 18.3 Å². The van der Waals surface area contributed by atoms with E-state index in [-0.39, 0.29) is 24.2 Å². The topological polar surface area (TPSA) is 108 Å². The zero-order valence-corrected chi connectivity index (χ0v) is 19.6. The first-order valence-electron chi connectivity index (χ1n) is 11.2. The normalized spacial score (nSPS) is 12.0. The van der Waals surface area contributed by atoms with Gasteiger partial charge in [-0.2, -0.15) is 0 Å². The molecule has 0 radical (unpaired) electrons. The molecule has 35 heavy (non-hydrogen) atoms. The molecule has 0 bridgehead atoms. The number of rotatable bonds is 10. The van der Waals surface area contributed by atoms with E-state index in [4.69, 9.17) is 5.11 Å². The van der Waals surface area contributed by atoms with Gasteiger partial charge in [-0.05, 0) is 56.5 Å². The Kier molecular flexibility index (Phi) is 8.30. The number of nitrogens with zero attached hydrogens (tertiary/aromatic N) is 1. The summed E-state index contributed by atoms with van der Waals surface area (Å²) in [4.78, 5) is 41.3. The Morgan fingerprint density at radius 2 is 1.69 bits per heavy atom. The molecule has 7 nitrogen and oxygen atoms in total. The fourth-order valence-electron chi connectivity index (χ4n) is 3.66. The van der Waals surface area contributed by atoms with E-state index in [0.717, 1.165) is 11.1 Å². The summed E-state index contributed by atoms with van der Waals surface area (Å²) in [7, 11) is 0. The fraction of sp³-hybridized carbons (Fsp3) is 0.259. The van der Waals surface area contributed by atoms with Gasteiger partial charge in [-0.3, -0.25) is 19.4 Å². The lowest BCUT2D eigenvalue weighted by Gasteiger charge is -2.29. The summed E-state index contributed by atoms with van der Waals surface area (Å²) in [5.41, 5.74) is 1.96. The van der Waals surface area contributed by atoms with Crippen LogP contribution in [-0.4, -0.2) is 39.5 Å². The van der Waals surface area contributed by atoms with Crippen molar-refractivity contribution in [2.45, 2.75) is 44.7 Å². The van der Waals surface area contributed by atoms with E-state index in [2.05, 4.69) is 15.6 Å². The molecule has 0 saturated heterocycles. The van der Waals surface area contributed by atoms with Crippen LogP contribution < -0.4 is 10.6 Å². The second-order valence-corrected chi connectivity index (χ2v) is 8.93. The van der Waals surface area contributed by atoms with Crippen molar-refractivity contribution in [2.24, 2.45) is 0 Å². The number of carbonyl (C=O) groups is 3. The minimum Gasteiger partial charge on any atom is -0.481 e. The molecule has 2 aromatic carbocycles. The molecule has 0 aliphatic rings. The number of amides is 2. The molecule has 3 aromatic rings. The van der Waals surface area contributed by atoms with Crippen molar-refractivity contribution < 1.29 is 23.9 Å². The second kappa shape index (κ2) is 11.4. The molecule has 182 valence electrons. The molecule has 0 fully saturated rings. The van der Waals surface area contributed by atoms with Crippen molar-refractivity contribution in [2.75, 3.05) is 0 Å². The molecule has 0 aliphatic carbocycles. The van der Waals surface area contributed by atoms with E-state index in [0.29, 0.717) is 12.1 Å². The van der Waals surface area contributed by atoms with Crippen LogP contribution in [0.4, 0.5) is 4.39 Å². The first kappa shape index (κ1) is 25.6. The second-order valence-electron chi connectivity index (χ2n) is 8.93. The number of hydrogen-bond donors (Lipinski definition) is 3. The summed E-state index contributed by atoms with van der Waals surface area (Å²) in [6.45, 7) is 3.60. The Hall–Kier alpha value is -4.07. The number of carbonyl (C=O) groups excluding carboxylic acids is 2. The first-order valence-corrected chi connectivity index (χ1v) is 11.2. The number of benzene rings is 2. The SMILES string of the molecule is CC(C)(Cc1ccc(F)cc1)NC(=O)[C@H](CCC(=O)O)NC(=O)c1ccc(-c2ccccc2)nc1. The van der Waals surface area contributed by atoms with Gasteiger partial charge in [0.15, 0.2) is 0 Å². The summed E-state index contributed by atoms with van der Waals surface area (Å²) in [6, 6.07) is 17.7. The minimum atomic E-state index is -1.07. The Bertz CT molecular complexity index is 1160. The number of halogens is 1. The minimum absolute atomic E-state index is 0.0743. The molecule has 0 aliphatic heterocycles. The van der Waals surface area contributed by atoms with E-state index in [1.54, 1.807) is 38.1 Å². The van der Waals surface area contributed by atoms with Crippen LogP contribution in [0.1, 0.15) is 42.6 Å². The van der Waals surface area contributed by atoms with E-state index in [1.807, 2.05) is 30.3 Å². The maximum Gasteiger partial charge on any atom is 0.303 e. The van der Waals surface area contributed by atoms with Crippen LogP contribution in [0.2, 0.25) is 0 Å². The monoisotopic (exact) mass is 477 g/mol. The van der Waals surface area contributed by atoms with Crippen LogP contribution in [0.5, 0.6) is 0 Å². The van der Waals surface area contributed by atoms with Crippen molar-refractivity contribution in [3.63, 3.8) is 0 Å². The number of aromatic nitrogens is 1. The van der Waals surface area contributed by atoms with Gasteiger partial charge in [0.05, 0.1) is 11.3 Å². The summed E-state index contributed by atoms with van der Waals surface area (Å²) >= 11 is 0. The molecule has 3 rings (SSSR count). The third-order valence-corrected chi connectivity index (χ3v) is 5.38. The van der Waals surface area contributed by atoms with Gasteiger partial charge in [0.2, 0.25) is 5.91 Å². The largest absolute Gasteiger partial charge is 0.481 e. The number of nitrogens with one attached hydrogen (secondary N) is 2. The molecular weight excluding hydrogens is 449 g/mol. The molecule has 0 saturated carbocycles. The molecular formula is C27H28FN3O4. The molecule has 1 aromatic heterocycles. The lowest BCUT2D eigenvalue weighted by atomic mass is 9.94. The molecule has 1 atom stereocenters. The molecule has 2 amide bonds. The van der Waals surface area contributed by atoms with Gasteiger partial charge in [-0.25, -0.2) is 4.39 Å². The molecule has 0 unspecified atom stereocenters. The van der Waals surface area contributed by atoms with Crippen molar-refractivity contribution >= 4 is 17.8 Å². The van der Waals surface area contributed by atoms with Crippen molar-refractivity contribution in [1.82, 2.24) is 15.6 Å². The molecule has 3 N–H and O–H groups in total. The number of aliphatic carboxylic acids is 1. The Morgan fingerprint density at radius 3 is 2.29 bits per heavy atom. The zero-order chi connectivity index (χ0) is 25.4. The smallest absolute Gasteiger partial charge is 0.303 e. The quantitative estimate of drug-likeness (QED) is 0.409. The van der Waals surface area contributed by atoms with Crippen molar-refractivity contribution in [1.29, 1.82) is 0 Å². The van der Waals surface area contributed by atoms with Crippen LogP contribution in [-0.2, 0) is 16.0 Å². The summed E-state index contributed by atoms with van der Waals surface area (Å²) in [6.07, 6.45) is 1.47. The van der Waals surface area contributed by atoms with Crippen LogP contribution >= 0.6 is 0 Å². The van der Waals surface area contributed by atoms with Gasteiger partial charge >= 0.3 is 5.97 Å². The number of carboxylic acids is 1. The lowest BCUT2D eigenvalue weighted by molar-refractivity contribution is -0.137. The average molecular weight is 478 g/mol. The van der Waals surface area contributed by atoms with Crippen LogP contribution in [0.15, 0.2) is 72.9 Å². The van der Waals surface area contributed by atoms with Gasteiger partial charge < -0.3 is 15.7 Å². The number of carboxylic acid groups (broad SMARTS) is 1. The summed E-state index contributed by atoms with van der Waals surface area (Å²) in [5.74, 6) is -2.45. The van der Waals surface area contributed by atoms with Gasteiger partial charge in [0, 0.05) is 23.7 Å². The summed E-state index contributed by atoms with van der Waals surface area (Å²) in [5, 5.41) is 14.6. The fourth-order valence-corrected chi connectivity index (χ4v) is 3.66. The van der Waals surface area contributed by atoms with Gasteiger partial charge in [0.25, 0.3) is 5.91 Å². The van der Waals surface area contributed by atoms with E-state index in [9.17, 15) is 18.8 Å². The van der Waals surface area contributed by atoms with E-state index >= 15 is 0 Å². The van der Waals surface area contributed by atoms with Crippen LogP contribution in [0, 0.1) is 5.82 Å². The third-order valence-electron chi connectivity index (χ3n) is 5.38.